The van der Waals surface area contributed by atoms with Crippen LogP contribution in [-0.2, 0) is 39.9 Å². The predicted octanol–water partition coefficient (Wildman–Crippen LogP) is 12.3. The Balaban J connectivity index is 0.000000164. The van der Waals surface area contributed by atoms with Crippen LogP contribution in [0.15, 0.2) is 243 Å². The van der Waals surface area contributed by atoms with E-state index in [1.54, 1.807) is 0 Å². The van der Waals surface area contributed by atoms with E-state index in [1.807, 2.05) is 24.3 Å². The molecule has 368 valence electrons. The van der Waals surface area contributed by atoms with E-state index in [1.165, 1.54) is 117 Å². The average molecular weight is 1070 g/mol. The Bertz CT molecular complexity index is 3140. The Morgan fingerprint density at radius 2 is 0.432 bits per heavy atom. The van der Waals surface area contributed by atoms with E-state index in [0.717, 1.165) is 0 Å². The second-order valence-corrected chi connectivity index (χ2v) is 20.0. The fourth-order valence-electron chi connectivity index (χ4n) is 9.42. The normalized spacial score (nSPS) is 10.1. The molecule has 0 saturated carbocycles. The summed E-state index contributed by atoms with van der Waals surface area (Å²) in [6.45, 7) is 17.3. The molecule has 4 heteroatoms. The van der Waals surface area contributed by atoms with Crippen LogP contribution in [0.25, 0.3) is 43.1 Å². The predicted molar refractivity (Wildman–Crippen MR) is 308 cm³/mol. The van der Waals surface area contributed by atoms with Gasteiger partial charge < -0.3 is 24.8 Å². The first-order valence-electron chi connectivity index (χ1n) is 24.8. The summed E-state index contributed by atoms with van der Waals surface area (Å²) in [5.74, 6) is 0. The molecule has 0 spiro atoms. The van der Waals surface area contributed by atoms with Gasteiger partial charge in [0.15, 0.2) is 0 Å². The van der Waals surface area contributed by atoms with Gasteiger partial charge >= 0.3 is 191 Å². The SMILES string of the molecule is Cc1cccc2[cH-]cc(C)c12.Cc1cccc2[cH-]cc(C)c12.Cc1cccc2[cH-]cc(C)c12.Cc1cccc2[cH-]cc(C)c12.[Cl-].[Cl-].[Ti+2]=[C](c1ccccc1)c1ccccc1.[Ti+2]=[C](c1ccccc1)c1ccccc1. The monoisotopic (exact) mass is 1070 g/mol. The van der Waals surface area contributed by atoms with Gasteiger partial charge in [-0.3, -0.25) is 0 Å². The van der Waals surface area contributed by atoms with Crippen LogP contribution in [0, 0.1) is 55.4 Å². The van der Waals surface area contributed by atoms with Crippen LogP contribution in [0.5, 0.6) is 0 Å². The maximum absolute atomic E-state index is 2.18. The number of hydrogen-bond donors (Lipinski definition) is 0. The third kappa shape index (κ3) is 15.5. The molecule has 0 fully saturated rings. The van der Waals surface area contributed by atoms with E-state index in [9.17, 15) is 0 Å². The number of hydrogen-bond acceptors (Lipinski definition) is 0. The number of halogens is 2. The topological polar surface area (TPSA) is 0 Å². The van der Waals surface area contributed by atoms with Crippen LogP contribution in [0.2, 0.25) is 0 Å². The summed E-state index contributed by atoms with van der Waals surface area (Å²) >= 11 is 4.31. The van der Waals surface area contributed by atoms with Crippen molar-refractivity contribution >= 4 is 50.7 Å². The molecular weight excluding hydrogens is 1010 g/mol. The summed E-state index contributed by atoms with van der Waals surface area (Å²) in [6, 6.07) is 85.0. The zero-order valence-electron chi connectivity index (χ0n) is 43.8. The molecule has 12 aromatic carbocycles. The van der Waals surface area contributed by atoms with Gasteiger partial charge in [-0.15, -0.1) is 116 Å². The number of rotatable bonds is 4. The molecule has 12 rings (SSSR count). The van der Waals surface area contributed by atoms with Crippen molar-refractivity contribution in [2.45, 2.75) is 55.4 Å². The van der Waals surface area contributed by atoms with Gasteiger partial charge in [0.05, 0.1) is 0 Å². The van der Waals surface area contributed by atoms with E-state index in [4.69, 9.17) is 0 Å². The van der Waals surface area contributed by atoms with Gasteiger partial charge in [0.25, 0.3) is 0 Å². The van der Waals surface area contributed by atoms with Crippen LogP contribution in [-0.4, -0.2) is 7.62 Å². The third-order valence-electron chi connectivity index (χ3n) is 13.1. The minimum atomic E-state index is 0. The van der Waals surface area contributed by atoms with Gasteiger partial charge in [-0.25, -0.2) is 0 Å². The van der Waals surface area contributed by atoms with Crippen molar-refractivity contribution in [3.8, 4) is 0 Å². The van der Waals surface area contributed by atoms with Gasteiger partial charge in [0.1, 0.15) is 0 Å². The Morgan fingerprint density at radius 3 is 0.608 bits per heavy atom. The van der Waals surface area contributed by atoms with Crippen molar-refractivity contribution in [1.82, 2.24) is 0 Å². The Kier molecular flexibility index (Phi) is 23.2. The maximum atomic E-state index is 2.18. The molecule has 0 atom stereocenters. The van der Waals surface area contributed by atoms with Crippen LogP contribution in [0.1, 0.15) is 66.8 Å². The Morgan fingerprint density at radius 1 is 0.243 bits per heavy atom. The summed E-state index contributed by atoms with van der Waals surface area (Å²) in [5.41, 5.74) is 16.2. The molecule has 0 amide bonds. The van der Waals surface area contributed by atoms with Crippen LogP contribution in [0.4, 0.5) is 0 Å². The zero-order valence-corrected chi connectivity index (χ0v) is 48.5. The first-order valence-corrected chi connectivity index (χ1v) is 26.3. The van der Waals surface area contributed by atoms with Crippen molar-refractivity contribution in [2.75, 3.05) is 0 Å². The van der Waals surface area contributed by atoms with Crippen LogP contribution < -0.4 is 24.8 Å². The molecule has 0 saturated heterocycles. The molecular formula is C70H64Cl2Ti2-2. The summed E-state index contributed by atoms with van der Waals surface area (Å²) in [4.78, 5) is 0. The Labute approximate surface area is 476 Å². The van der Waals surface area contributed by atoms with Crippen molar-refractivity contribution < 1.29 is 64.8 Å². The van der Waals surface area contributed by atoms with Gasteiger partial charge in [-0.1, -0.05) is 74.2 Å². The molecule has 0 nitrogen and oxygen atoms in total. The van der Waals surface area contributed by atoms with E-state index in [2.05, 4.69) is 314 Å². The van der Waals surface area contributed by atoms with E-state index >= 15 is 0 Å². The molecule has 0 aliphatic rings. The van der Waals surface area contributed by atoms with Crippen LogP contribution in [0.3, 0.4) is 0 Å². The zero-order chi connectivity index (χ0) is 51.0. The van der Waals surface area contributed by atoms with Crippen LogP contribution >= 0.6 is 0 Å². The van der Waals surface area contributed by atoms with E-state index < -0.39 is 0 Å². The van der Waals surface area contributed by atoms with Crippen molar-refractivity contribution in [3.05, 3.63) is 309 Å². The van der Waals surface area contributed by atoms with Gasteiger partial charge in [-0.05, 0) is 27.7 Å². The molecule has 0 bridgehead atoms. The molecule has 12 aromatic rings. The van der Waals surface area contributed by atoms with E-state index in [-0.39, 0.29) is 24.8 Å². The van der Waals surface area contributed by atoms with E-state index in [0.29, 0.717) is 0 Å². The van der Waals surface area contributed by atoms with Gasteiger partial charge in [-0.2, -0.15) is 46.5 Å². The second kappa shape index (κ2) is 29.1. The van der Waals surface area contributed by atoms with Crippen molar-refractivity contribution in [3.63, 3.8) is 0 Å². The minimum absolute atomic E-state index is 0. The fraction of sp³-hybridized carbons (Fsp3) is 0.114. The number of aryl methyl sites for hydroxylation is 8. The van der Waals surface area contributed by atoms with Gasteiger partial charge in [0.2, 0.25) is 0 Å². The second-order valence-electron chi connectivity index (χ2n) is 18.4. The summed E-state index contributed by atoms with van der Waals surface area (Å²) in [5, 5.41) is 11.1. The molecule has 0 aliphatic heterocycles. The average Bonchev–Trinajstić information content (AvgIpc) is 4.22. The molecule has 0 N–H and O–H groups in total. The molecule has 0 heterocycles. The number of benzene rings is 8. The molecule has 0 aliphatic carbocycles. The molecule has 0 aromatic heterocycles. The molecule has 74 heavy (non-hydrogen) atoms. The number of fused-ring (bicyclic) bond motifs is 4. The van der Waals surface area contributed by atoms with Crippen molar-refractivity contribution in [1.29, 1.82) is 0 Å². The van der Waals surface area contributed by atoms with Crippen molar-refractivity contribution in [2.24, 2.45) is 0 Å². The summed E-state index contributed by atoms with van der Waals surface area (Å²) < 4.78 is 2.65. The Hall–Kier alpha value is -6.05. The first kappa shape index (κ1) is 58.8. The summed E-state index contributed by atoms with van der Waals surface area (Å²) in [6.07, 6.45) is 0. The molecule has 0 unspecified atom stereocenters. The first-order chi connectivity index (χ1) is 34.9. The quantitative estimate of drug-likeness (QED) is 0.122. The summed E-state index contributed by atoms with van der Waals surface area (Å²) in [7, 11) is 0. The molecule has 0 radical (unpaired) electrons. The third-order valence-corrected chi connectivity index (χ3v) is 14.9. The fourth-order valence-corrected chi connectivity index (χ4v) is 10.5. The van der Waals surface area contributed by atoms with Gasteiger partial charge in [0, 0.05) is 0 Å². The standard InChI is InChI=1S/2C13H10.4C11H11.2ClH.2Ti/c2*1-3-7-12(8-4-1)11-13-9-5-2-6-10-13;4*1-8-4-3-5-10-7-6-9(2)11(8)10;;;;/h2*1-10H;4*3-7H,1-2H3;2*1H;;/q;;4*-1;;;2*+2/p-2.